The number of amides is 1. The molecule has 3 rings (SSSR count). The first kappa shape index (κ1) is 19.3. The Balaban J connectivity index is 1.70. The molecule has 6 heteroatoms. The smallest absolute Gasteiger partial charge is 0.220 e. The highest BCUT2D eigenvalue weighted by Crippen LogP contribution is 2.38. The molecule has 2 heterocycles. The molecule has 1 aromatic heterocycles. The quantitative estimate of drug-likeness (QED) is 0.770. The zero-order chi connectivity index (χ0) is 19.1. The Bertz CT molecular complexity index is 735. The third-order valence-electron chi connectivity index (χ3n) is 5.25. The Kier molecular flexibility index (Phi) is 6.40. The van der Waals surface area contributed by atoms with E-state index in [0.29, 0.717) is 44.1 Å². The summed E-state index contributed by atoms with van der Waals surface area (Å²) in [4.78, 5) is 12.3. The van der Waals surface area contributed by atoms with Crippen molar-refractivity contribution in [2.45, 2.75) is 31.1 Å². The van der Waals surface area contributed by atoms with Gasteiger partial charge in [0.2, 0.25) is 5.91 Å². The van der Waals surface area contributed by atoms with Crippen LogP contribution in [0.2, 0.25) is 0 Å². The van der Waals surface area contributed by atoms with Gasteiger partial charge in [-0.3, -0.25) is 4.79 Å². The van der Waals surface area contributed by atoms with E-state index in [-0.39, 0.29) is 11.3 Å². The van der Waals surface area contributed by atoms with Crippen LogP contribution in [0.4, 0.5) is 0 Å². The molecule has 0 radical (unpaired) electrons. The number of rotatable bonds is 8. The minimum Gasteiger partial charge on any atom is -0.493 e. The lowest BCUT2D eigenvalue weighted by Crippen LogP contribution is -2.44. The van der Waals surface area contributed by atoms with E-state index in [1.807, 2.05) is 24.3 Å². The molecular weight excluding hydrogens is 346 g/mol. The second kappa shape index (κ2) is 8.95. The Hall–Kier alpha value is -2.47. The van der Waals surface area contributed by atoms with Gasteiger partial charge in [-0.2, -0.15) is 0 Å². The molecule has 2 aromatic rings. The highest BCUT2D eigenvalue weighted by molar-refractivity contribution is 5.76. The van der Waals surface area contributed by atoms with Gasteiger partial charge in [0.1, 0.15) is 5.76 Å². The van der Waals surface area contributed by atoms with E-state index in [0.717, 1.165) is 24.2 Å². The van der Waals surface area contributed by atoms with Crippen molar-refractivity contribution in [2.75, 3.05) is 34.0 Å². The van der Waals surface area contributed by atoms with Gasteiger partial charge in [0.25, 0.3) is 0 Å². The van der Waals surface area contributed by atoms with E-state index in [1.165, 1.54) is 0 Å². The highest BCUT2D eigenvalue weighted by atomic mass is 16.5. The Labute approximate surface area is 159 Å². The minimum absolute atomic E-state index is 0.0257. The summed E-state index contributed by atoms with van der Waals surface area (Å²) in [5, 5.41) is 3.11. The molecule has 0 spiro atoms. The molecule has 0 bridgehead atoms. The normalized spacial score (nSPS) is 15.9. The molecule has 1 amide bonds. The van der Waals surface area contributed by atoms with Gasteiger partial charge in [0, 0.05) is 38.0 Å². The molecular formula is C21H27NO5. The fourth-order valence-electron chi connectivity index (χ4n) is 3.54. The molecule has 6 nitrogen and oxygen atoms in total. The molecule has 0 saturated carbocycles. The summed E-state index contributed by atoms with van der Waals surface area (Å²) in [6.45, 7) is 1.93. The lowest BCUT2D eigenvalue weighted by Gasteiger charge is -2.38. The summed E-state index contributed by atoms with van der Waals surface area (Å²) in [6.07, 6.45) is 4.33. The monoisotopic (exact) mass is 373 g/mol. The summed E-state index contributed by atoms with van der Waals surface area (Å²) < 4.78 is 21.7. The molecule has 0 atom stereocenters. The molecule has 1 aromatic carbocycles. The van der Waals surface area contributed by atoms with Gasteiger partial charge in [-0.1, -0.05) is 6.07 Å². The highest BCUT2D eigenvalue weighted by Gasteiger charge is 2.35. The lowest BCUT2D eigenvalue weighted by molar-refractivity contribution is -0.121. The van der Waals surface area contributed by atoms with Crippen molar-refractivity contribution in [3.63, 3.8) is 0 Å². The zero-order valence-electron chi connectivity index (χ0n) is 16.0. The van der Waals surface area contributed by atoms with Crippen LogP contribution in [-0.2, 0) is 21.4 Å². The topological polar surface area (TPSA) is 69.9 Å². The first-order valence-corrected chi connectivity index (χ1v) is 9.26. The third kappa shape index (κ3) is 4.63. The van der Waals surface area contributed by atoms with Crippen molar-refractivity contribution in [1.82, 2.24) is 5.32 Å². The maximum Gasteiger partial charge on any atom is 0.220 e. The fourth-order valence-corrected chi connectivity index (χ4v) is 3.54. The molecule has 1 N–H and O–H groups in total. The number of hydrogen-bond donors (Lipinski definition) is 1. The molecule has 1 aliphatic rings. The number of ether oxygens (including phenoxy) is 3. The first-order chi connectivity index (χ1) is 13.2. The van der Waals surface area contributed by atoms with Crippen LogP contribution in [0.15, 0.2) is 41.0 Å². The number of furan rings is 1. The maximum absolute atomic E-state index is 12.3. The van der Waals surface area contributed by atoms with Crippen LogP contribution in [0.25, 0.3) is 0 Å². The summed E-state index contributed by atoms with van der Waals surface area (Å²) >= 11 is 0. The van der Waals surface area contributed by atoms with Gasteiger partial charge in [-0.15, -0.1) is 0 Å². The van der Waals surface area contributed by atoms with Crippen LogP contribution in [0.1, 0.15) is 30.6 Å². The van der Waals surface area contributed by atoms with Crippen molar-refractivity contribution in [3.8, 4) is 11.5 Å². The summed E-state index contributed by atoms with van der Waals surface area (Å²) in [5.41, 5.74) is 0.966. The Morgan fingerprint density at radius 2 is 1.93 bits per heavy atom. The molecule has 146 valence electrons. The summed E-state index contributed by atoms with van der Waals surface area (Å²) in [5.74, 6) is 2.25. The van der Waals surface area contributed by atoms with Crippen molar-refractivity contribution in [3.05, 3.63) is 47.9 Å². The lowest BCUT2D eigenvalue weighted by atomic mass is 9.74. The van der Waals surface area contributed by atoms with Gasteiger partial charge >= 0.3 is 0 Å². The van der Waals surface area contributed by atoms with E-state index < -0.39 is 0 Å². The van der Waals surface area contributed by atoms with Crippen LogP contribution in [0, 0.1) is 0 Å². The van der Waals surface area contributed by atoms with E-state index in [1.54, 1.807) is 20.5 Å². The van der Waals surface area contributed by atoms with Crippen LogP contribution in [0.5, 0.6) is 11.5 Å². The second-order valence-electron chi connectivity index (χ2n) is 6.82. The van der Waals surface area contributed by atoms with Crippen molar-refractivity contribution < 1.29 is 23.4 Å². The van der Waals surface area contributed by atoms with Crippen LogP contribution in [0.3, 0.4) is 0 Å². The second-order valence-corrected chi connectivity index (χ2v) is 6.82. The van der Waals surface area contributed by atoms with E-state index in [2.05, 4.69) is 11.4 Å². The van der Waals surface area contributed by atoms with E-state index in [4.69, 9.17) is 18.6 Å². The molecule has 0 unspecified atom stereocenters. The van der Waals surface area contributed by atoms with Gasteiger partial charge in [-0.25, -0.2) is 0 Å². The third-order valence-corrected chi connectivity index (χ3v) is 5.25. The summed E-state index contributed by atoms with van der Waals surface area (Å²) in [7, 11) is 3.26. The molecule has 1 aliphatic heterocycles. The SMILES string of the molecule is COc1ccc(C2(CNC(=O)CCc3ccco3)CCOCC2)cc1OC. The van der Waals surface area contributed by atoms with Gasteiger partial charge in [0.15, 0.2) is 11.5 Å². The number of hydrogen-bond acceptors (Lipinski definition) is 5. The van der Waals surface area contributed by atoms with Gasteiger partial charge in [0.05, 0.1) is 20.5 Å². The van der Waals surface area contributed by atoms with E-state index >= 15 is 0 Å². The predicted octanol–water partition coefficient (Wildman–Crippen LogP) is 3.09. The fraction of sp³-hybridized carbons (Fsp3) is 0.476. The molecule has 1 saturated heterocycles. The van der Waals surface area contributed by atoms with Crippen LogP contribution >= 0.6 is 0 Å². The molecule has 27 heavy (non-hydrogen) atoms. The Morgan fingerprint density at radius 1 is 1.15 bits per heavy atom. The number of benzene rings is 1. The number of carbonyl (C=O) groups excluding carboxylic acids is 1. The number of nitrogens with one attached hydrogen (secondary N) is 1. The van der Waals surface area contributed by atoms with Crippen LogP contribution in [-0.4, -0.2) is 39.9 Å². The van der Waals surface area contributed by atoms with Crippen molar-refractivity contribution in [2.24, 2.45) is 0 Å². The summed E-state index contributed by atoms with van der Waals surface area (Å²) in [6, 6.07) is 9.71. The minimum atomic E-state index is -0.169. The largest absolute Gasteiger partial charge is 0.493 e. The molecule has 0 aliphatic carbocycles. The van der Waals surface area contributed by atoms with Crippen molar-refractivity contribution >= 4 is 5.91 Å². The predicted molar refractivity (Wildman–Crippen MR) is 101 cm³/mol. The first-order valence-electron chi connectivity index (χ1n) is 9.26. The average Bonchev–Trinajstić information content (AvgIpc) is 3.24. The number of methoxy groups -OCH3 is 2. The van der Waals surface area contributed by atoms with Gasteiger partial charge in [-0.05, 0) is 42.7 Å². The molecule has 1 fully saturated rings. The maximum atomic E-state index is 12.3. The number of carbonyl (C=O) groups is 1. The van der Waals surface area contributed by atoms with Gasteiger partial charge < -0.3 is 23.9 Å². The zero-order valence-corrected chi connectivity index (χ0v) is 16.0. The van der Waals surface area contributed by atoms with Crippen molar-refractivity contribution in [1.29, 1.82) is 0 Å². The van der Waals surface area contributed by atoms with E-state index in [9.17, 15) is 4.79 Å². The Morgan fingerprint density at radius 3 is 2.59 bits per heavy atom. The number of aryl methyl sites for hydroxylation is 1. The average molecular weight is 373 g/mol. The standard InChI is InChI=1S/C21H27NO5/c1-24-18-7-5-16(14-19(18)25-2)21(9-12-26-13-10-21)15-22-20(23)8-6-17-4-3-11-27-17/h3-5,7,11,14H,6,8-10,12-13,15H2,1-2H3,(H,22,23). The van der Waals surface area contributed by atoms with Crippen LogP contribution < -0.4 is 14.8 Å².